The monoisotopic (exact) mass is 360 g/mol. The van der Waals surface area contributed by atoms with Crippen molar-refractivity contribution in [2.75, 3.05) is 18.0 Å². The number of nitrogens with zero attached hydrogens (tertiary/aromatic N) is 3. The van der Waals surface area contributed by atoms with E-state index in [1.807, 2.05) is 5.01 Å². The predicted molar refractivity (Wildman–Crippen MR) is 101 cm³/mol. The third kappa shape index (κ3) is 3.98. The number of amides is 1. The van der Waals surface area contributed by atoms with Gasteiger partial charge in [-0.2, -0.15) is 0 Å². The molecule has 0 radical (unpaired) electrons. The van der Waals surface area contributed by atoms with Crippen molar-refractivity contribution in [1.29, 1.82) is 0 Å². The maximum atomic E-state index is 13.0. The lowest BCUT2D eigenvalue weighted by molar-refractivity contribution is -0.384. The van der Waals surface area contributed by atoms with Crippen molar-refractivity contribution in [3.05, 3.63) is 33.9 Å². The first-order valence-corrected chi connectivity index (χ1v) is 9.60. The molecule has 0 aromatic heterocycles. The topological polar surface area (TPSA) is 78.7 Å². The van der Waals surface area contributed by atoms with E-state index in [-0.39, 0.29) is 23.7 Å². The zero-order valence-corrected chi connectivity index (χ0v) is 15.6. The summed E-state index contributed by atoms with van der Waals surface area (Å²) in [5, 5.41) is 13.2. The van der Waals surface area contributed by atoms with Crippen molar-refractivity contribution in [1.82, 2.24) is 10.4 Å². The number of carbonyl (C=O) groups is 1. The van der Waals surface area contributed by atoms with Gasteiger partial charge >= 0.3 is 0 Å². The highest BCUT2D eigenvalue weighted by Gasteiger charge is 2.28. The lowest BCUT2D eigenvalue weighted by atomic mass is 9.99. The molecule has 0 unspecified atom stereocenters. The molecule has 7 heteroatoms. The molecule has 1 amide bonds. The SMILES string of the molecule is C[C@@H]1CCC[C@@H](C)N1NC(=O)c1cc([N+](=O)[O-])ccc1N1CCCCC1. The lowest BCUT2D eigenvalue weighted by Gasteiger charge is -2.39. The Bertz CT molecular complexity index is 663. The fourth-order valence-electron chi connectivity index (χ4n) is 4.05. The van der Waals surface area contributed by atoms with Gasteiger partial charge in [-0.25, -0.2) is 5.01 Å². The second-order valence-corrected chi connectivity index (χ2v) is 7.48. The summed E-state index contributed by atoms with van der Waals surface area (Å²) in [6, 6.07) is 5.16. The summed E-state index contributed by atoms with van der Waals surface area (Å²) in [7, 11) is 0. The highest BCUT2D eigenvalue weighted by Crippen LogP contribution is 2.29. The van der Waals surface area contributed by atoms with Crippen LogP contribution in [-0.2, 0) is 0 Å². The second-order valence-electron chi connectivity index (χ2n) is 7.48. The van der Waals surface area contributed by atoms with E-state index in [1.54, 1.807) is 6.07 Å². The Morgan fingerprint density at radius 1 is 1.12 bits per heavy atom. The van der Waals surface area contributed by atoms with E-state index in [2.05, 4.69) is 24.2 Å². The Kier molecular flexibility index (Phi) is 5.76. The first-order valence-electron chi connectivity index (χ1n) is 9.60. The summed E-state index contributed by atoms with van der Waals surface area (Å²) in [6.45, 7) is 5.98. The number of hydrazine groups is 1. The molecule has 2 aliphatic rings. The number of nitro groups is 1. The minimum Gasteiger partial charge on any atom is -0.371 e. The van der Waals surface area contributed by atoms with Crippen LogP contribution in [-0.4, -0.2) is 41.0 Å². The molecule has 2 atom stereocenters. The summed E-state index contributed by atoms with van der Waals surface area (Å²) < 4.78 is 0. The van der Waals surface area contributed by atoms with E-state index in [0.717, 1.165) is 50.9 Å². The number of hydrogen-bond donors (Lipinski definition) is 1. The van der Waals surface area contributed by atoms with Gasteiger partial charge in [-0.3, -0.25) is 20.3 Å². The minimum absolute atomic E-state index is 0.0457. The van der Waals surface area contributed by atoms with E-state index in [1.165, 1.54) is 18.6 Å². The Labute approximate surface area is 154 Å². The van der Waals surface area contributed by atoms with Crippen LogP contribution < -0.4 is 10.3 Å². The Hall–Kier alpha value is -2.15. The molecule has 3 rings (SSSR count). The summed E-state index contributed by atoms with van der Waals surface area (Å²) in [6.07, 6.45) is 6.59. The molecule has 2 aliphatic heterocycles. The molecule has 2 saturated heterocycles. The van der Waals surface area contributed by atoms with E-state index in [0.29, 0.717) is 5.56 Å². The number of rotatable bonds is 4. The quantitative estimate of drug-likeness (QED) is 0.657. The van der Waals surface area contributed by atoms with Gasteiger partial charge in [0.15, 0.2) is 0 Å². The zero-order valence-electron chi connectivity index (χ0n) is 15.6. The van der Waals surface area contributed by atoms with Crippen LogP contribution in [0.2, 0.25) is 0 Å². The van der Waals surface area contributed by atoms with E-state index < -0.39 is 4.92 Å². The molecule has 2 heterocycles. The van der Waals surface area contributed by atoms with Gasteiger partial charge in [0, 0.05) is 37.3 Å². The van der Waals surface area contributed by atoms with Crippen LogP contribution in [0.25, 0.3) is 0 Å². The Balaban J connectivity index is 1.88. The second kappa shape index (κ2) is 8.03. The molecule has 7 nitrogen and oxygen atoms in total. The fraction of sp³-hybridized carbons (Fsp3) is 0.632. The average Bonchev–Trinajstić information content (AvgIpc) is 2.65. The average molecular weight is 360 g/mol. The van der Waals surface area contributed by atoms with Gasteiger partial charge in [0.25, 0.3) is 11.6 Å². The van der Waals surface area contributed by atoms with Gasteiger partial charge in [0.2, 0.25) is 0 Å². The summed E-state index contributed by atoms with van der Waals surface area (Å²) >= 11 is 0. The van der Waals surface area contributed by atoms with Crippen molar-refractivity contribution in [3.63, 3.8) is 0 Å². The predicted octanol–water partition coefficient (Wildman–Crippen LogP) is 3.49. The fourth-order valence-corrected chi connectivity index (χ4v) is 4.05. The summed E-state index contributed by atoms with van der Waals surface area (Å²) in [5.41, 5.74) is 4.17. The van der Waals surface area contributed by atoms with Crippen molar-refractivity contribution >= 4 is 17.3 Å². The van der Waals surface area contributed by atoms with Crippen molar-refractivity contribution in [3.8, 4) is 0 Å². The molecule has 2 fully saturated rings. The number of benzene rings is 1. The lowest BCUT2D eigenvalue weighted by Crippen LogP contribution is -2.54. The number of carbonyl (C=O) groups excluding carboxylic acids is 1. The van der Waals surface area contributed by atoms with Crippen LogP contribution >= 0.6 is 0 Å². The Morgan fingerprint density at radius 3 is 2.38 bits per heavy atom. The maximum Gasteiger partial charge on any atom is 0.270 e. The van der Waals surface area contributed by atoms with E-state index in [4.69, 9.17) is 0 Å². The van der Waals surface area contributed by atoms with E-state index in [9.17, 15) is 14.9 Å². The first kappa shape index (κ1) is 18.6. The number of anilines is 1. The molecule has 1 aromatic carbocycles. The molecule has 0 aliphatic carbocycles. The van der Waals surface area contributed by atoms with Crippen LogP contribution in [0.15, 0.2) is 18.2 Å². The molecule has 0 saturated carbocycles. The van der Waals surface area contributed by atoms with Crippen LogP contribution in [0.1, 0.15) is 62.7 Å². The summed E-state index contributed by atoms with van der Waals surface area (Å²) in [5.74, 6) is -0.255. The number of non-ortho nitro benzene ring substituents is 1. The third-order valence-corrected chi connectivity index (χ3v) is 5.56. The smallest absolute Gasteiger partial charge is 0.270 e. The van der Waals surface area contributed by atoms with Gasteiger partial charge in [0.05, 0.1) is 16.2 Å². The molecule has 1 aromatic rings. The van der Waals surface area contributed by atoms with Crippen molar-refractivity contribution in [2.24, 2.45) is 0 Å². The van der Waals surface area contributed by atoms with Crippen LogP contribution in [0.4, 0.5) is 11.4 Å². The Morgan fingerprint density at radius 2 is 1.77 bits per heavy atom. The minimum atomic E-state index is -0.442. The van der Waals surface area contributed by atoms with Crippen LogP contribution in [0, 0.1) is 10.1 Å². The zero-order chi connectivity index (χ0) is 18.7. The highest BCUT2D eigenvalue weighted by molar-refractivity contribution is 6.00. The molecule has 1 N–H and O–H groups in total. The van der Waals surface area contributed by atoms with Crippen LogP contribution in [0.3, 0.4) is 0 Å². The normalized spacial score (nSPS) is 24.3. The standard InChI is InChI=1S/C19H28N4O3/c1-14-7-6-8-15(2)22(14)20-19(24)17-13-16(23(25)26)9-10-18(17)21-11-4-3-5-12-21/h9-10,13-15H,3-8,11-12H2,1-2H3,(H,20,24)/t14-,15-/m1/s1. The van der Waals surface area contributed by atoms with Gasteiger partial charge in [-0.1, -0.05) is 6.42 Å². The highest BCUT2D eigenvalue weighted by atomic mass is 16.6. The summed E-state index contributed by atoms with van der Waals surface area (Å²) in [4.78, 5) is 26.0. The van der Waals surface area contributed by atoms with Crippen molar-refractivity contribution < 1.29 is 9.72 Å². The molecule has 0 spiro atoms. The number of nitro benzene ring substituents is 1. The van der Waals surface area contributed by atoms with Gasteiger partial charge in [-0.05, 0) is 52.0 Å². The first-order chi connectivity index (χ1) is 12.5. The maximum absolute atomic E-state index is 13.0. The van der Waals surface area contributed by atoms with E-state index >= 15 is 0 Å². The molecule has 26 heavy (non-hydrogen) atoms. The van der Waals surface area contributed by atoms with Crippen LogP contribution in [0.5, 0.6) is 0 Å². The number of piperidine rings is 2. The molecular weight excluding hydrogens is 332 g/mol. The van der Waals surface area contributed by atoms with Gasteiger partial charge < -0.3 is 4.90 Å². The third-order valence-electron chi connectivity index (χ3n) is 5.56. The number of nitrogens with one attached hydrogen (secondary N) is 1. The number of hydrogen-bond acceptors (Lipinski definition) is 5. The largest absolute Gasteiger partial charge is 0.371 e. The molecule has 0 bridgehead atoms. The van der Waals surface area contributed by atoms with Gasteiger partial charge in [0.1, 0.15) is 0 Å². The molecular formula is C19H28N4O3. The molecule has 142 valence electrons. The van der Waals surface area contributed by atoms with Crippen molar-refractivity contribution in [2.45, 2.75) is 64.5 Å². The van der Waals surface area contributed by atoms with Gasteiger partial charge in [-0.15, -0.1) is 0 Å².